The summed E-state index contributed by atoms with van der Waals surface area (Å²) in [4.78, 5) is 15.4. The molecular weight excluding hydrogens is 230 g/mol. The molecule has 0 aliphatic carbocycles. The van der Waals surface area contributed by atoms with Crippen LogP contribution in [0.5, 0.6) is 0 Å². The average Bonchev–Trinajstić information content (AvgIpc) is 2.38. The molecule has 0 aliphatic heterocycles. The third-order valence-electron chi connectivity index (χ3n) is 2.25. The van der Waals surface area contributed by atoms with Crippen molar-refractivity contribution in [2.75, 3.05) is 13.2 Å². The lowest BCUT2D eigenvalue weighted by atomic mass is 10.1. The Morgan fingerprint density at radius 1 is 1.39 bits per heavy atom. The number of hydrogen-bond donors (Lipinski definition) is 0. The summed E-state index contributed by atoms with van der Waals surface area (Å²) < 4.78 is 10.0. The van der Waals surface area contributed by atoms with Crippen molar-refractivity contribution >= 4 is 12.0 Å². The molecule has 4 heteroatoms. The average molecular weight is 249 g/mol. The van der Waals surface area contributed by atoms with E-state index < -0.39 is 0 Å². The van der Waals surface area contributed by atoms with Crippen molar-refractivity contribution in [1.29, 1.82) is 0 Å². The highest BCUT2D eigenvalue weighted by atomic mass is 16.5. The summed E-state index contributed by atoms with van der Waals surface area (Å²) in [6.45, 7) is 4.80. The quantitative estimate of drug-likeness (QED) is 0.550. The van der Waals surface area contributed by atoms with E-state index in [1.807, 2.05) is 25.1 Å². The first-order valence-corrected chi connectivity index (χ1v) is 6.15. The first-order valence-electron chi connectivity index (χ1n) is 6.15. The van der Waals surface area contributed by atoms with E-state index in [4.69, 9.17) is 9.47 Å². The van der Waals surface area contributed by atoms with Gasteiger partial charge < -0.3 is 9.47 Å². The monoisotopic (exact) mass is 249 g/mol. The van der Waals surface area contributed by atoms with Crippen molar-refractivity contribution in [2.24, 2.45) is 0 Å². The lowest BCUT2D eigenvalue weighted by Gasteiger charge is -2.02. The first kappa shape index (κ1) is 14.2. The van der Waals surface area contributed by atoms with Crippen molar-refractivity contribution in [1.82, 2.24) is 4.98 Å². The number of nitrogens with zero attached hydrogens (tertiary/aromatic N) is 1. The van der Waals surface area contributed by atoms with E-state index in [-0.39, 0.29) is 5.97 Å². The largest absolute Gasteiger partial charge is 0.501 e. The van der Waals surface area contributed by atoms with Gasteiger partial charge in [0.1, 0.15) is 0 Å². The fourth-order valence-electron chi connectivity index (χ4n) is 1.42. The molecule has 0 saturated heterocycles. The van der Waals surface area contributed by atoms with Crippen molar-refractivity contribution in [3.63, 3.8) is 0 Å². The fraction of sp³-hybridized carbons (Fsp3) is 0.429. The number of pyridine rings is 1. The van der Waals surface area contributed by atoms with Gasteiger partial charge in [-0.2, -0.15) is 0 Å². The summed E-state index contributed by atoms with van der Waals surface area (Å²) in [5.41, 5.74) is 1.89. The van der Waals surface area contributed by atoms with Crippen molar-refractivity contribution in [3.05, 3.63) is 35.8 Å². The molecule has 1 aromatic rings. The molecule has 0 bridgehead atoms. The SMILES string of the molecule is CCO/C=C/c1ccnc(CCC(=O)OCC)c1. The predicted octanol–water partition coefficient (Wildman–Crippen LogP) is 2.58. The van der Waals surface area contributed by atoms with Crippen molar-refractivity contribution in [2.45, 2.75) is 26.7 Å². The van der Waals surface area contributed by atoms with E-state index in [0.29, 0.717) is 26.1 Å². The molecule has 18 heavy (non-hydrogen) atoms. The molecule has 0 spiro atoms. The van der Waals surface area contributed by atoms with Gasteiger partial charge in [0.15, 0.2) is 0 Å². The van der Waals surface area contributed by atoms with Gasteiger partial charge in [-0.1, -0.05) is 0 Å². The lowest BCUT2D eigenvalue weighted by Crippen LogP contribution is -2.05. The van der Waals surface area contributed by atoms with Gasteiger partial charge >= 0.3 is 5.97 Å². The minimum absolute atomic E-state index is 0.186. The topological polar surface area (TPSA) is 48.4 Å². The van der Waals surface area contributed by atoms with Crippen LogP contribution in [0.1, 0.15) is 31.5 Å². The van der Waals surface area contributed by atoms with Gasteiger partial charge in [0.05, 0.1) is 25.9 Å². The second-order valence-corrected chi connectivity index (χ2v) is 3.64. The standard InChI is InChI=1S/C14H19NO3/c1-3-17-10-8-12-7-9-15-13(11-12)5-6-14(16)18-4-2/h7-11H,3-6H2,1-2H3/b10-8+. The summed E-state index contributed by atoms with van der Waals surface area (Å²) >= 11 is 0. The minimum Gasteiger partial charge on any atom is -0.501 e. The molecule has 1 rings (SSSR count). The highest BCUT2D eigenvalue weighted by Gasteiger charge is 2.03. The third kappa shape index (κ3) is 5.48. The number of ether oxygens (including phenoxy) is 2. The second-order valence-electron chi connectivity index (χ2n) is 3.64. The summed E-state index contributed by atoms with van der Waals surface area (Å²) in [6, 6.07) is 3.83. The zero-order chi connectivity index (χ0) is 13.2. The van der Waals surface area contributed by atoms with Crippen LogP contribution in [0.25, 0.3) is 6.08 Å². The molecule has 0 aliphatic rings. The molecule has 1 heterocycles. The molecule has 0 saturated carbocycles. The maximum Gasteiger partial charge on any atom is 0.306 e. The Hall–Kier alpha value is -1.84. The number of aryl methyl sites for hydroxylation is 1. The van der Waals surface area contributed by atoms with Crippen LogP contribution in [0.3, 0.4) is 0 Å². The maximum absolute atomic E-state index is 11.2. The smallest absolute Gasteiger partial charge is 0.306 e. The van der Waals surface area contributed by atoms with Crippen molar-refractivity contribution in [3.8, 4) is 0 Å². The predicted molar refractivity (Wildman–Crippen MR) is 69.9 cm³/mol. The summed E-state index contributed by atoms with van der Waals surface area (Å²) in [5, 5.41) is 0. The van der Waals surface area contributed by atoms with Gasteiger partial charge in [0.2, 0.25) is 0 Å². The van der Waals surface area contributed by atoms with Crippen LogP contribution in [0, 0.1) is 0 Å². The Bertz CT molecular complexity index is 402. The third-order valence-corrected chi connectivity index (χ3v) is 2.25. The van der Waals surface area contributed by atoms with E-state index in [1.165, 1.54) is 0 Å². The summed E-state index contributed by atoms with van der Waals surface area (Å²) in [6.07, 6.45) is 6.21. The number of carbonyl (C=O) groups is 1. The van der Waals surface area contributed by atoms with E-state index in [1.54, 1.807) is 19.4 Å². The molecule has 0 aromatic carbocycles. The molecule has 1 aromatic heterocycles. The zero-order valence-electron chi connectivity index (χ0n) is 10.9. The number of hydrogen-bond acceptors (Lipinski definition) is 4. The van der Waals surface area contributed by atoms with Crippen LogP contribution >= 0.6 is 0 Å². The second kappa shape index (κ2) is 8.28. The minimum atomic E-state index is -0.186. The van der Waals surface area contributed by atoms with Crippen LogP contribution in [-0.2, 0) is 20.7 Å². The van der Waals surface area contributed by atoms with E-state index in [9.17, 15) is 4.79 Å². The van der Waals surface area contributed by atoms with Crippen LogP contribution in [0.15, 0.2) is 24.6 Å². The van der Waals surface area contributed by atoms with Crippen LogP contribution in [-0.4, -0.2) is 24.2 Å². The van der Waals surface area contributed by atoms with Crippen LogP contribution in [0.2, 0.25) is 0 Å². The highest BCUT2D eigenvalue weighted by molar-refractivity contribution is 5.69. The highest BCUT2D eigenvalue weighted by Crippen LogP contribution is 2.07. The van der Waals surface area contributed by atoms with Gasteiger partial charge in [-0.3, -0.25) is 9.78 Å². The molecule has 98 valence electrons. The van der Waals surface area contributed by atoms with Gasteiger partial charge in [0.25, 0.3) is 0 Å². The first-order chi connectivity index (χ1) is 8.76. The molecular formula is C14H19NO3. The Morgan fingerprint density at radius 2 is 2.22 bits per heavy atom. The van der Waals surface area contributed by atoms with E-state index in [2.05, 4.69) is 4.98 Å². The summed E-state index contributed by atoms with van der Waals surface area (Å²) in [5.74, 6) is -0.186. The number of carbonyl (C=O) groups excluding carboxylic acids is 1. The molecule has 0 N–H and O–H groups in total. The fourth-order valence-corrected chi connectivity index (χ4v) is 1.42. The Labute approximate surface area is 108 Å². The van der Waals surface area contributed by atoms with E-state index in [0.717, 1.165) is 11.3 Å². The molecule has 0 radical (unpaired) electrons. The Morgan fingerprint density at radius 3 is 2.94 bits per heavy atom. The number of esters is 1. The molecule has 0 fully saturated rings. The zero-order valence-corrected chi connectivity index (χ0v) is 10.9. The van der Waals surface area contributed by atoms with Gasteiger partial charge in [-0.25, -0.2) is 0 Å². The van der Waals surface area contributed by atoms with Crippen LogP contribution < -0.4 is 0 Å². The molecule has 4 nitrogen and oxygen atoms in total. The number of aromatic nitrogens is 1. The Balaban J connectivity index is 2.51. The van der Waals surface area contributed by atoms with Gasteiger partial charge in [-0.15, -0.1) is 0 Å². The maximum atomic E-state index is 11.2. The van der Waals surface area contributed by atoms with E-state index >= 15 is 0 Å². The number of rotatable bonds is 7. The molecule has 0 atom stereocenters. The van der Waals surface area contributed by atoms with Crippen LogP contribution in [0.4, 0.5) is 0 Å². The van der Waals surface area contributed by atoms with Crippen molar-refractivity contribution < 1.29 is 14.3 Å². The van der Waals surface area contributed by atoms with Gasteiger partial charge in [0, 0.05) is 18.3 Å². The Kier molecular flexibility index (Phi) is 6.54. The molecule has 0 amide bonds. The van der Waals surface area contributed by atoms with Gasteiger partial charge in [-0.05, 0) is 37.6 Å². The molecule has 0 unspecified atom stereocenters. The normalized spacial score (nSPS) is 10.6. The lowest BCUT2D eigenvalue weighted by molar-refractivity contribution is -0.143. The summed E-state index contributed by atoms with van der Waals surface area (Å²) in [7, 11) is 0.